The van der Waals surface area contributed by atoms with E-state index in [1.807, 2.05) is 65.6 Å². The van der Waals surface area contributed by atoms with E-state index >= 15 is 0 Å². The van der Waals surface area contributed by atoms with Crippen molar-refractivity contribution in [3.05, 3.63) is 67.0 Å². The molecule has 2 fully saturated rings. The Bertz CT molecular complexity index is 1370. The Morgan fingerprint density at radius 1 is 0.857 bits per heavy atom. The zero-order chi connectivity index (χ0) is 23.8. The van der Waals surface area contributed by atoms with Crippen molar-refractivity contribution < 1.29 is 9.59 Å². The van der Waals surface area contributed by atoms with Crippen molar-refractivity contribution in [1.29, 1.82) is 0 Å². The maximum absolute atomic E-state index is 13.2. The number of hydrogen-bond donors (Lipinski definition) is 0. The molecule has 0 radical (unpaired) electrons. The summed E-state index contributed by atoms with van der Waals surface area (Å²) in [5.41, 5.74) is 3.00. The predicted octanol–water partition coefficient (Wildman–Crippen LogP) is 1.91. The zero-order valence-corrected chi connectivity index (χ0v) is 19.1. The molecule has 0 unspecified atom stereocenters. The molecule has 0 N–H and O–H groups in total. The molecule has 2 saturated heterocycles. The maximum atomic E-state index is 13.2. The second-order valence-electron chi connectivity index (χ2n) is 8.76. The van der Waals surface area contributed by atoms with Crippen LogP contribution < -0.4 is 9.80 Å². The minimum atomic E-state index is -0.314. The summed E-state index contributed by atoms with van der Waals surface area (Å²) >= 11 is 0. The smallest absolute Gasteiger partial charge is 0.228 e. The van der Waals surface area contributed by atoms with Crippen LogP contribution in [0.25, 0.3) is 16.9 Å². The van der Waals surface area contributed by atoms with Crippen molar-refractivity contribution in [2.24, 2.45) is 5.92 Å². The topological polar surface area (TPSA) is 100 Å². The first-order valence-electron chi connectivity index (χ1n) is 11.7. The summed E-state index contributed by atoms with van der Waals surface area (Å²) in [5.74, 6) is 0.443. The molecular weight excluding hydrogens is 444 g/mol. The number of fused-ring (bicyclic) bond motifs is 1. The Balaban J connectivity index is 1.14. The Morgan fingerprint density at radius 3 is 2.26 bits per heavy atom. The standard InChI is InChI=1S/C25H24N8O2/c34-21-15-18(16-32(21)19-7-3-1-4-8-19)25(35)31-13-11-30(12-14-31)23-22-24(27-17-26-23)33(29-28-22)20-9-5-2-6-10-20/h1-10,17-18H,11-16H2/t18-/m0/s1. The van der Waals surface area contributed by atoms with Gasteiger partial charge < -0.3 is 14.7 Å². The third-order valence-electron chi connectivity index (χ3n) is 6.65. The molecule has 0 bridgehead atoms. The molecule has 4 heterocycles. The minimum absolute atomic E-state index is 0.00179. The average Bonchev–Trinajstić information content (AvgIpc) is 3.53. The van der Waals surface area contributed by atoms with Crippen LogP contribution in [0.5, 0.6) is 0 Å². The molecule has 35 heavy (non-hydrogen) atoms. The predicted molar refractivity (Wildman–Crippen MR) is 130 cm³/mol. The lowest BCUT2D eigenvalue weighted by molar-refractivity contribution is -0.136. The van der Waals surface area contributed by atoms with Gasteiger partial charge in [-0.25, -0.2) is 9.97 Å². The molecule has 0 spiro atoms. The molecule has 2 aromatic carbocycles. The van der Waals surface area contributed by atoms with Gasteiger partial charge in [0.1, 0.15) is 6.33 Å². The van der Waals surface area contributed by atoms with Gasteiger partial charge in [0.05, 0.1) is 11.6 Å². The third kappa shape index (κ3) is 3.86. The van der Waals surface area contributed by atoms with Crippen molar-refractivity contribution in [1.82, 2.24) is 29.9 Å². The highest BCUT2D eigenvalue weighted by molar-refractivity contribution is 6.00. The molecule has 4 aromatic rings. The van der Waals surface area contributed by atoms with Crippen molar-refractivity contribution in [3.8, 4) is 5.69 Å². The average molecular weight is 469 g/mol. The van der Waals surface area contributed by atoms with Crippen LogP contribution in [0.1, 0.15) is 6.42 Å². The second kappa shape index (κ2) is 8.79. The molecule has 176 valence electrons. The number of benzene rings is 2. The van der Waals surface area contributed by atoms with Crippen LogP contribution in [0, 0.1) is 5.92 Å². The molecule has 6 rings (SSSR count). The van der Waals surface area contributed by atoms with Crippen LogP contribution in [-0.2, 0) is 9.59 Å². The number of amides is 2. The van der Waals surface area contributed by atoms with Gasteiger partial charge in [-0.2, -0.15) is 4.68 Å². The normalized spacial score (nSPS) is 18.5. The fraction of sp³-hybridized carbons (Fsp3) is 0.280. The van der Waals surface area contributed by atoms with E-state index in [0.717, 1.165) is 17.2 Å². The van der Waals surface area contributed by atoms with Gasteiger partial charge in [-0.1, -0.05) is 41.6 Å². The number of nitrogens with zero attached hydrogens (tertiary/aromatic N) is 8. The Kier molecular flexibility index (Phi) is 5.32. The lowest BCUT2D eigenvalue weighted by Gasteiger charge is -2.36. The molecular formula is C25H24N8O2. The highest BCUT2D eigenvalue weighted by atomic mass is 16.2. The van der Waals surface area contributed by atoms with E-state index < -0.39 is 0 Å². The molecule has 10 heteroatoms. The fourth-order valence-electron chi connectivity index (χ4n) is 4.84. The van der Waals surface area contributed by atoms with Gasteiger partial charge in [-0.15, -0.1) is 5.10 Å². The number of hydrogen-bond acceptors (Lipinski definition) is 7. The van der Waals surface area contributed by atoms with E-state index in [1.54, 1.807) is 9.58 Å². The van der Waals surface area contributed by atoms with E-state index in [4.69, 9.17) is 0 Å². The van der Waals surface area contributed by atoms with Crippen molar-refractivity contribution >= 4 is 34.5 Å². The summed E-state index contributed by atoms with van der Waals surface area (Å²) < 4.78 is 1.70. The highest BCUT2D eigenvalue weighted by Crippen LogP contribution is 2.28. The molecule has 2 aliphatic heterocycles. The number of rotatable bonds is 4. The molecule has 2 amide bonds. The van der Waals surface area contributed by atoms with Crippen LogP contribution in [-0.4, -0.2) is 74.4 Å². The number of aromatic nitrogens is 5. The van der Waals surface area contributed by atoms with Gasteiger partial charge >= 0.3 is 0 Å². The van der Waals surface area contributed by atoms with Crippen LogP contribution in [0.2, 0.25) is 0 Å². The summed E-state index contributed by atoms with van der Waals surface area (Å²) in [7, 11) is 0. The van der Waals surface area contributed by atoms with Crippen LogP contribution in [0.3, 0.4) is 0 Å². The molecule has 1 atom stereocenters. The first-order chi connectivity index (χ1) is 17.2. The summed E-state index contributed by atoms with van der Waals surface area (Å²) in [4.78, 5) is 40.4. The Labute approximate surface area is 201 Å². The lowest BCUT2D eigenvalue weighted by Crippen LogP contribution is -2.51. The van der Waals surface area contributed by atoms with Gasteiger partial charge in [-0.05, 0) is 24.3 Å². The number of anilines is 2. The van der Waals surface area contributed by atoms with Gasteiger partial charge in [0.15, 0.2) is 17.0 Å². The minimum Gasteiger partial charge on any atom is -0.351 e. The fourth-order valence-corrected chi connectivity index (χ4v) is 4.84. The monoisotopic (exact) mass is 468 g/mol. The van der Waals surface area contributed by atoms with Gasteiger partial charge in [0.25, 0.3) is 0 Å². The number of carbonyl (C=O) groups is 2. The van der Waals surface area contributed by atoms with Crippen LogP contribution in [0.4, 0.5) is 11.5 Å². The van der Waals surface area contributed by atoms with E-state index in [1.165, 1.54) is 6.33 Å². The summed E-state index contributed by atoms with van der Waals surface area (Å²) in [5, 5.41) is 8.65. The molecule has 2 aliphatic rings. The largest absolute Gasteiger partial charge is 0.351 e. The quantitative estimate of drug-likeness (QED) is 0.451. The summed E-state index contributed by atoms with van der Waals surface area (Å²) in [6, 6.07) is 19.3. The molecule has 0 aliphatic carbocycles. The van der Waals surface area contributed by atoms with Crippen molar-refractivity contribution in [2.75, 3.05) is 42.5 Å². The molecule has 0 saturated carbocycles. The first kappa shape index (κ1) is 21.2. The number of para-hydroxylation sites is 2. The first-order valence-corrected chi connectivity index (χ1v) is 11.7. The molecule has 10 nitrogen and oxygen atoms in total. The SMILES string of the molecule is O=C([C@H]1CC(=O)N(c2ccccc2)C1)N1CCN(c2ncnc3c2nnn3-c2ccccc2)CC1. The third-order valence-corrected chi connectivity index (χ3v) is 6.65. The second-order valence-corrected chi connectivity index (χ2v) is 8.76. The lowest BCUT2D eigenvalue weighted by atomic mass is 10.1. The van der Waals surface area contributed by atoms with Crippen molar-refractivity contribution in [2.45, 2.75) is 6.42 Å². The van der Waals surface area contributed by atoms with E-state index in [0.29, 0.717) is 43.9 Å². The van der Waals surface area contributed by atoms with Crippen LogP contribution >= 0.6 is 0 Å². The Hall–Kier alpha value is -4.34. The summed E-state index contributed by atoms with van der Waals surface area (Å²) in [6.07, 6.45) is 1.78. The molecule has 2 aromatic heterocycles. The van der Waals surface area contributed by atoms with Crippen molar-refractivity contribution in [3.63, 3.8) is 0 Å². The van der Waals surface area contributed by atoms with Gasteiger partial charge in [-0.3, -0.25) is 9.59 Å². The van der Waals surface area contributed by atoms with Gasteiger partial charge in [0.2, 0.25) is 11.8 Å². The van der Waals surface area contributed by atoms with Crippen LogP contribution in [0.15, 0.2) is 67.0 Å². The maximum Gasteiger partial charge on any atom is 0.228 e. The van der Waals surface area contributed by atoms with E-state index in [9.17, 15) is 9.59 Å². The van der Waals surface area contributed by atoms with Gasteiger partial charge in [0, 0.05) is 44.8 Å². The highest BCUT2D eigenvalue weighted by Gasteiger charge is 2.38. The number of piperazine rings is 1. The zero-order valence-electron chi connectivity index (χ0n) is 19.1. The Morgan fingerprint density at radius 2 is 1.54 bits per heavy atom. The van der Waals surface area contributed by atoms with E-state index in [2.05, 4.69) is 25.2 Å². The summed E-state index contributed by atoms with van der Waals surface area (Å²) in [6.45, 7) is 2.80. The number of carbonyl (C=O) groups excluding carboxylic acids is 2. The van der Waals surface area contributed by atoms with E-state index in [-0.39, 0.29) is 24.2 Å².